The van der Waals surface area contributed by atoms with E-state index in [-0.39, 0.29) is 10.8 Å². The van der Waals surface area contributed by atoms with Crippen LogP contribution in [0.25, 0.3) is 4.91 Å². The van der Waals surface area contributed by atoms with Gasteiger partial charge in [-0.25, -0.2) is 8.42 Å². The number of aliphatic imine (C=N–C) groups is 1. The lowest BCUT2D eigenvalue weighted by Gasteiger charge is -2.09. The van der Waals surface area contributed by atoms with Crippen molar-refractivity contribution >= 4 is 32.4 Å². The number of amidine groups is 1. The van der Waals surface area contributed by atoms with Gasteiger partial charge in [0.15, 0.2) is 0 Å². The predicted octanol–water partition coefficient (Wildman–Crippen LogP) is 4.21. The zero-order valence-electron chi connectivity index (χ0n) is 14.0. The normalized spacial score (nSPS) is 19.1. The molecule has 3 rings (SSSR count). The molecule has 1 heterocycles. The van der Waals surface area contributed by atoms with Gasteiger partial charge in [0.05, 0.1) is 0 Å². The maximum atomic E-state index is 12.5. The third-order valence-electron chi connectivity index (χ3n) is 4.19. The molecule has 6 heteroatoms. The lowest BCUT2D eigenvalue weighted by Crippen LogP contribution is -2.24. The average molecular weight is 375 g/mol. The SMILES string of the molecule is CC1=C(c2ccc(Cl)cc2)S(=O)(=O)NC1=NCC(C)c1ccccc1. The first-order valence-electron chi connectivity index (χ1n) is 7.98. The Morgan fingerprint density at radius 3 is 2.36 bits per heavy atom. The Labute approximate surface area is 153 Å². The number of sulfonamides is 1. The van der Waals surface area contributed by atoms with Gasteiger partial charge in [-0.05, 0) is 30.2 Å². The summed E-state index contributed by atoms with van der Waals surface area (Å²) in [6.45, 7) is 4.35. The van der Waals surface area contributed by atoms with Crippen molar-refractivity contribution in [2.24, 2.45) is 4.99 Å². The molecule has 0 saturated carbocycles. The summed E-state index contributed by atoms with van der Waals surface area (Å²) in [4.78, 5) is 4.77. The van der Waals surface area contributed by atoms with Gasteiger partial charge in [0.2, 0.25) is 0 Å². The first kappa shape index (κ1) is 17.7. The third-order valence-corrected chi connectivity index (χ3v) is 5.99. The molecule has 0 radical (unpaired) electrons. The van der Waals surface area contributed by atoms with Crippen molar-refractivity contribution in [3.8, 4) is 0 Å². The van der Waals surface area contributed by atoms with Gasteiger partial charge < -0.3 is 0 Å². The highest BCUT2D eigenvalue weighted by Gasteiger charge is 2.32. The Bertz CT molecular complexity index is 933. The molecule has 0 amide bonds. The standard InChI is InChI=1S/C19H19ClN2O2S/c1-13(15-6-4-3-5-7-15)12-21-19-14(2)18(25(23,24)22-19)16-8-10-17(20)11-9-16/h3-11,13H,12H2,1-2H3,(H,21,22). The first-order valence-corrected chi connectivity index (χ1v) is 9.84. The van der Waals surface area contributed by atoms with Gasteiger partial charge in [-0.1, -0.05) is 61.0 Å². The quantitative estimate of drug-likeness (QED) is 0.871. The fourth-order valence-corrected chi connectivity index (χ4v) is 4.45. The lowest BCUT2D eigenvalue weighted by atomic mass is 10.0. The average Bonchev–Trinajstić information content (AvgIpc) is 2.83. The van der Waals surface area contributed by atoms with Crippen molar-refractivity contribution < 1.29 is 8.42 Å². The van der Waals surface area contributed by atoms with Gasteiger partial charge in [-0.3, -0.25) is 9.71 Å². The number of rotatable bonds is 4. The number of hydrogen-bond donors (Lipinski definition) is 1. The molecule has 2 aromatic carbocycles. The molecule has 1 aliphatic heterocycles. The van der Waals surface area contributed by atoms with Crippen molar-refractivity contribution in [1.82, 2.24) is 4.72 Å². The van der Waals surface area contributed by atoms with E-state index in [1.807, 2.05) is 30.3 Å². The van der Waals surface area contributed by atoms with Crippen LogP contribution in [0.1, 0.15) is 30.9 Å². The summed E-state index contributed by atoms with van der Waals surface area (Å²) in [6.07, 6.45) is 0. The zero-order valence-corrected chi connectivity index (χ0v) is 15.6. The summed E-state index contributed by atoms with van der Waals surface area (Å²) in [5.41, 5.74) is 2.41. The minimum atomic E-state index is -3.61. The third kappa shape index (κ3) is 3.78. The van der Waals surface area contributed by atoms with E-state index in [0.717, 1.165) is 0 Å². The largest absolute Gasteiger partial charge is 0.267 e. The molecular formula is C19H19ClN2O2S. The first-order chi connectivity index (χ1) is 11.9. The van der Waals surface area contributed by atoms with E-state index in [9.17, 15) is 8.42 Å². The van der Waals surface area contributed by atoms with Gasteiger partial charge in [-0.2, -0.15) is 0 Å². The van der Waals surface area contributed by atoms with Crippen molar-refractivity contribution in [3.05, 3.63) is 76.3 Å². The van der Waals surface area contributed by atoms with Gasteiger partial charge >= 0.3 is 0 Å². The summed E-state index contributed by atoms with van der Waals surface area (Å²) in [7, 11) is -3.61. The molecule has 0 fully saturated rings. The molecule has 2 aromatic rings. The number of nitrogens with one attached hydrogen (secondary N) is 1. The predicted molar refractivity (Wildman–Crippen MR) is 103 cm³/mol. The Morgan fingerprint density at radius 1 is 1.08 bits per heavy atom. The number of benzene rings is 2. The maximum absolute atomic E-state index is 12.5. The van der Waals surface area contributed by atoms with E-state index in [1.54, 1.807) is 31.2 Å². The highest BCUT2D eigenvalue weighted by atomic mass is 35.5. The molecule has 1 N–H and O–H groups in total. The Balaban J connectivity index is 1.89. The van der Waals surface area contributed by atoms with Gasteiger partial charge in [0, 0.05) is 23.1 Å². The highest BCUT2D eigenvalue weighted by Crippen LogP contribution is 2.30. The van der Waals surface area contributed by atoms with Crippen LogP contribution in [0.15, 0.2) is 65.2 Å². The van der Waals surface area contributed by atoms with E-state index < -0.39 is 10.0 Å². The van der Waals surface area contributed by atoms with Crippen LogP contribution in [0.2, 0.25) is 5.02 Å². The Kier molecular flexibility index (Phi) is 4.97. The molecule has 0 bridgehead atoms. The van der Waals surface area contributed by atoms with Gasteiger partial charge in [0.25, 0.3) is 10.0 Å². The van der Waals surface area contributed by atoms with Gasteiger partial charge in [0.1, 0.15) is 10.7 Å². The monoisotopic (exact) mass is 374 g/mol. The molecule has 25 heavy (non-hydrogen) atoms. The fourth-order valence-electron chi connectivity index (χ4n) is 2.80. The number of hydrogen-bond acceptors (Lipinski definition) is 3. The Hall–Kier alpha value is -2.11. The molecule has 1 aliphatic rings. The second kappa shape index (κ2) is 7.02. The van der Waals surface area contributed by atoms with Crippen LogP contribution < -0.4 is 4.72 Å². The van der Waals surface area contributed by atoms with E-state index >= 15 is 0 Å². The maximum Gasteiger partial charge on any atom is 0.264 e. The van der Waals surface area contributed by atoms with E-state index in [1.165, 1.54) is 5.56 Å². The van der Waals surface area contributed by atoms with Crippen molar-refractivity contribution in [1.29, 1.82) is 0 Å². The summed E-state index contributed by atoms with van der Waals surface area (Å²) >= 11 is 5.89. The summed E-state index contributed by atoms with van der Waals surface area (Å²) in [5.74, 6) is 0.610. The van der Waals surface area contributed by atoms with Crippen LogP contribution in [-0.2, 0) is 10.0 Å². The second-order valence-corrected chi connectivity index (χ2v) is 8.12. The molecule has 130 valence electrons. The molecule has 0 spiro atoms. The molecular weight excluding hydrogens is 356 g/mol. The molecule has 0 saturated heterocycles. The summed E-state index contributed by atoms with van der Waals surface area (Å²) in [6, 6.07) is 16.8. The van der Waals surface area contributed by atoms with Crippen molar-refractivity contribution in [2.75, 3.05) is 6.54 Å². The van der Waals surface area contributed by atoms with E-state index in [4.69, 9.17) is 11.6 Å². The van der Waals surface area contributed by atoms with Crippen LogP contribution in [0, 0.1) is 0 Å². The van der Waals surface area contributed by atoms with Crippen molar-refractivity contribution in [2.45, 2.75) is 19.8 Å². The van der Waals surface area contributed by atoms with Crippen LogP contribution >= 0.6 is 11.6 Å². The Morgan fingerprint density at radius 2 is 1.72 bits per heavy atom. The minimum absolute atomic E-state index is 0.200. The molecule has 1 unspecified atom stereocenters. The zero-order chi connectivity index (χ0) is 18.0. The van der Waals surface area contributed by atoms with E-state index in [2.05, 4.69) is 16.6 Å². The minimum Gasteiger partial charge on any atom is -0.267 e. The molecule has 4 nitrogen and oxygen atoms in total. The summed E-state index contributed by atoms with van der Waals surface area (Å²) < 4.78 is 27.6. The number of halogens is 1. The second-order valence-electron chi connectivity index (χ2n) is 6.07. The topological polar surface area (TPSA) is 58.5 Å². The highest BCUT2D eigenvalue weighted by molar-refractivity contribution is 8.00. The van der Waals surface area contributed by atoms with Crippen LogP contribution in [0.4, 0.5) is 0 Å². The summed E-state index contributed by atoms with van der Waals surface area (Å²) in [5, 5.41) is 0.566. The van der Waals surface area contributed by atoms with Crippen molar-refractivity contribution in [3.63, 3.8) is 0 Å². The van der Waals surface area contributed by atoms with Crippen LogP contribution in [-0.4, -0.2) is 20.8 Å². The molecule has 1 atom stereocenters. The fraction of sp³-hybridized carbons (Fsp3) is 0.211. The van der Waals surface area contributed by atoms with Gasteiger partial charge in [-0.15, -0.1) is 0 Å². The number of nitrogens with zero attached hydrogens (tertiary/aromatic N) is 1. The molecule has 0 aromatic heterocycles. The molecule has 0 aliphatic carbocycles. The van der Waals surface area contributed by atoms with Crippen LogP contribution in [0.3, 0.4) is 0 Å². The van der Waals surface area contributed by atoms with E-state index in [0.29, 0.717) is 28.5 Å². The smallest absolute Gasteiger partial charge is 0.264 e. The van der Waals surface area contributed by atoms with Crippen LogP contribution in [0.5, 0.6) is 0 Å². The lowest BCUT2D eigenvalue weighted by molar-refractivity contribution is 0.603.